The Morgan fingerprint density at radius 3 is 2.64 bits per heavy atom. The molecule has 0 unspecified atom stereocenters. The summed E-state index contributed by atoms with van der Waals surface area (Å²) in [6.45, 7) is 4.23. The molecule has 1 aromatic carbocycles. The predicted octanol–water partition coefficient (Wildman–Crippen LogP) is 2.79. The molecule has 0 aromatic heterocycles. The fourth-order valence-corrected chi connectivity index (χ4v) is 1.36. The van der Waals surface area contributed by atoms with Crippen LogP contribution in [-0.4, -0.2) is 6.54 Å². The molecule has 0 spiro atoms. The number of halogens is 1. The summed E-state index contributed by atoms with van der Waals surface area (Å²) in [5, 5.41) is 12.0. The van der Waals surface area contributed by atoms with Crippen LogP contribution in [0.5, 0.6) is 0 Å². The van der Waals surface area contributed by atoms with Gasteiger partial charge in [-0.05, 0) is 17.7 Å². The van der Waals surface area contributed by atoms with Gasteiger partial charge >= 0.3 is 0 Å². The molecule has 0 saturated carbocycles. The summed E-state index contributed by atoms with van der Waals surface area (Å²) in [6.07, 6.45) is 1.74. The molecule has 0 fully saturated rings. The summed E-state index contributed by atoms with van der Waals surface area (Å²) in [7, 11) is 0. The van der Waals surface area contributed by atoms with Gasteiger partial charge in [0.15, 0.2) is 0 Å². The molecule has 0 aliphatic rings. The van der Waals surface area contributed by atoms with Gasteiger partial charge in [0, 0.05) is 11.0 Å². The third kappa shape index (κ3) is 2.99. The molecule has 2 nitrogen and oxygen atoms in total. The molecule has 0 aliphatic heterocycles. The van der Waals surface area contributed by atoms with E-state index in [2.05, 4.69) is 33.9 Å². The van der Waals surface area contributed by atoms with Gasteiger partial charge in [-0.2, -0.15) is 5.26 Å². The van der Waals surface area contributed by atoms with E-state index in [4.69, 9.17) is 5.26 Å². The fourth-order valence-electron chi connectivity index (χ4n) is 1.09. The van der Waals surface area contributed by atoms with Gasteiger partial charge in [0.2, 0.25) is 0 Å². The minimum atomic E-state index is -0.263. The third-order valence-electron chi connectivity index (χ3n) is 1.80. The zero-order valence-electron chi connectivity index (χ0n) is 7.70. The van der Waals surface area contributed by atoms with E-state index >= 15 is 0 Å². The van der Waals surface area contributed by atoms with Gasteiger partial charge in [0.25, 0.3) is 0 Å². The van der Waals surface area contributed by atoms with Crippen LogP contribution in [0.25, 0.3) is 0 Å². The summed E-state index contributed by atoms with van der Waals surface area (Å²) in [5.74, 6) is 0. The highest BCUT2D eigenvalue weighted by Crippen LogP contribution is 2.16. The molecule has 0 amide bonds. The molecule has 1 N–H and O–H groups in total. The second-order valence-electron chi connectivity index (χ2n) is 2.81. The lowest BCUT2D eigenvalue weighted by atomic mass is 10.1. The minimum Gasteiger partial charge on any atom is -0.295 e. The Hall–Kier alpha value is -1.11. The van der Waals surface area contributed by atoms with Gasteiger partial charge < -0.3 is 0 Å². The Balaban J connectivity index is 2.74. The first-order valence-corrected chi connectivity index (χ1v) is 5.06. The molecule has 3 heteroatoms. The minimum absolute atomic E-state index is 0.263. The summed E-state index contributed by atoms with van der Waals surface area (Å²) in [6, 6.07) is 9.64. The second-order valence-corrected chi connectivity index (χ2v) is 3.73. The van der Waals surface area contributed by atoms with Crippen molar-refractivity contribution in [2.24, 2.45) is 0 Å². The highest BCUT2D eigenvalue weighted by Gasteiger charge is 2.07. The molecule has 1 atom stereocenters. The molecule has 72 valence electrons. The van der Waals surface area contributed by atoms with E-state index in [1.54, 1.807) is 6.08 Å². The third-order valence-corrected chi connectivity index (χ3v) is 2.33. The van der Waals surface area contributed by atoms with Crippen LogP contribution in [0.3, 0.4) is 0 Å². The number of hydrogen-bond acceptors (Lipinski definition) is 2. The molecule has 0 heterocycles. The normalized spacial score (nSPS) is 11.7. The average Bonchev–Trinajstić information content (AvgIpc) is 2.21. The van der Waals surface area contributed by atoms with Crippen molar-refractivity contribution >= 4 is 15.9 Å². The molecule has 1 aromatic rings. The van der Waals surface area contributed by atoms with Gasteiger partial charge in [0.05, 0.1) is 6.07 Å². The van der Waals surface area contributed by atoms with Crippen LogP contribution in [0.4, 0.5) is 0 Å². The molecule has 0 bridgehead atoms. The zero-order valence-corrected chi connectivity index (χ0v) is 9.29. The van der Waals surface area contributed by atoms with Gasteiger partial charge in [-0.25, -0.2) is 0 Å². The summed E-state index contributed by atoms with van der Waals surface area (Å²) in [5.41, 5.74) is 0.970. The fraction of sp³-hybridized carbons (Fsp3) is 0.182. The zero-order chi connectivity index (χ0) is 10.4. The van der Waals surface area contributed by atoms with Crippen LogP contribution < -0.4 is 5.32 Å². The van der Waals surface area contributed by atoms with Gasteiger partial charge in [-0.1, -0.05) is 34.1 Å². The number of benzene rings is 1. The van der Waals surface area contributed by atoms with Gasteiger partial charge in [-0.3, -0.25) is 5.32 Å². The highest BCUT2D eigenvalue weighted by atomic mass is 79.9. The lowest BCUT2D eigenvalue weighted by Crippen LogP contribution is -2.19. The van der Waals surface area contributed by atoms with E-state index in [1.807, 2.05) is 24.3 Å². The van der Waals surface area contributed by atoms with Crippen molar-refractivity contribution in [1.82, 2.24) is 5.32 Å². The van der Waals surface area contributed by atoms with E-state index in [0.29, 0.717) is 6.54 Å². The lowest BCUT2D eigenvalue weighted by molar-refractivity contribution is 0.683. The smallest absolute Gasteiger partial charge is 0.121 e. The Kier molecular flexibility index (Phi) is 4.37. The number of nitrogens with one attached hydrogen (secondary N) is 1. The first-order chi connectivity index (χ1) is 6.77. The van der Waals surface area contributed by atoms with Crippen molar-refractivity contribution in [2.75, 3.05) is 6.54 Å². The Bertz CT molecular complexity index is 337. The van der Waals surface area contributed by atoms with Crippen LogP contribution in [0.2, 0.25) is 0 Å². The van der Waals surface area contributed by atoms with Crippen LogP contribution in [0.15, 0.2) is 41.4 Å². The highest BCUT2D eigenvalue weighted by molar-refractivity contribution is 9.10. The van der Waals surface area contributed by atoms with E-state index in [9.17, 15) is 0 Å². The van der Waals surface area contributed by atoms with E-state index < -0.39 is 0 Å². The van der Waals surface area contributed by atoms with Gasteiger partial charge in [-0.15, -0.1) is 6.58 Å². The van der Waals surface area contributed by atoms with Crippen molar-refractivity contribution < 1.29 is 0 Å². The maximum absolute atomic E-state index is 8.92. The van der Waals surface area contributed by atoms with E-state index in [0.717, 1.165) is 10.0 Å². The van der Waals surface area contributed by atoms with Crippen molar-refractivity contribution in [2.45, 2.75) is 6.04 Å². The first kappa shape index (κ1) is 11.0. The van der Waals surface area contributed by atoms with E-state index in [1.165, 1.54) is 0 Å². The quantitative estimate of drug-likeness (QED) is 0.835. The molecule has 14 heavy (non-hydrogen) atoms. The first-order valence-electron chi connectivity index (χ1n) is 4.27. The topological polar surface area (TPSA) is 35.8 Å². The summed E-state index contributed by atoms with van der Waals surface area (Å²) in [4.78, 5) is 0. The molecule has 0 radical (unpaired) electrons. The van der Waals surface area contributed by atoms with Gasteiger partial charge in [0.1, 0.15) is 6.04 Å². The molecule has 1 rings (SSSR count). The maximum Gasteiger partial charge on any atom is 0.121 e. The van der Waals surface area contributed by atoms with Crippen LogP contribution in [0.1, 0.15) is 11.6 Å². The largest absolute Gasteiger partial charge is 0.295 e. The Morgan fingerprint density at radius 2 is 2.14 bits per heavy atom. The molecule has 0 aliphatic carbocycles. The maximum atomic E-state index is 8.92. The lowest BCUT2D eigenvalue weighted by Gasteiger charge is -2.09. The Labute approximate surface area is 92.4 Å². The molecule has 0 saturated heterocycles. The Morgan fingerprint density at radius 1 is 1.50 bits per heavy atom. The van der Waals surface area contributed by atoms with Crippen molar-refractivity contribution in [3.63, 3.8) is 0 Å². The monoisotopic (exact) mass is 250 g/mol. The standard InChI is InChI=1S/C11H11BrN2/c1-2-7-14-11(8-13)9-3-5-10(12)6-4-9/h2-6,11,14H,1,7H2/t11-/m1/s1. The van der Waals surface area contributed by atoms with Crippen molar-refractivity contribution in [3.8, 4) is 6.07 Å². The van der Waals surface area contributed by atoms with Crippen LogP contribution in [0, 0.1) is 11.3 Å². The number of hydrogen-bond donors (Lipinski definition) is 1. The summed E-state index contributed by atoms with van der Waals surface area (Å²) >= 11 is 3.35. The molecular weight excluding hydrogens is 240 g/mol. The average molecular weight is 251 g/mol. The van der Waals surface area contributed by atoms with Crippen molar-refractivity contribution in [1.29, 1.82) is 5.26 Å². The molecular formula is C11H11BrN2. The van der Waals surface area contributed by atoms with Crippen LogP contribution in [-0.2, 0) is 0 Å². The number of rotatable bonds is 4. The van der Waals surface area contributed by atoms with E-state index in [-0.39, 0.29) is 6.04 Å². The summed E-state index contributed by atoms with van der Waals surface area (Å²) < 4.78 is 1.02. The predicted molar refractivity (Wildman–Crippen MR) is 60.7 cm³/mol. The second kappa shape index (κ2) is 5.58. The number of nitriles is 1. The SMILES string of the molecule is C=CCN[C@H](C#N)c1ccc(Br)cc1. The number of nitrogens with zero attached hydrogens (tertiary/aromatic N) is 1. The van der Waals surface area contributed by atoms with Crippen molar-refractivity contribution in [3.05, 3.63) is 47.0 Å². The van der Waals surface area contributed by atoms with Crippen LogP contribution >= 0.6 is 15.9 Å².